The van der Waals surface area contributed by atoms with Crippen LogP contribution in [-0.2, 0) is 24.8 Å². The molecule has 0 aromatic heterocycles. The monoisotopic (exact) mass is 423 g/mol. The molecule has 0 saturated heterocycles. The van der Waals surface area contributed by atoms with E-state index in [1.54, 1.807) is 6.07 Å². The Hall–Kier alpha value is -3.93. The third-order valence-corrected chi connectivity index (χ3v) is 5.92. The van der Waals surface area contributed by atoms with Crippen LogP contribution in [0.1, 0.15) is 0 Å². The lowest BCUT2D eigenvalue weighted by atomic mass is 10.4. The van der Waals surface area contributed by atoms with Crippen LogP contribution in [0.15, 0.2) is 84.4 Å². The Morgan fingerprint density at radius 2 is 1.21 bits per heavy atom. The van der Waals surface area contributed by atoms with Crippen molar-refractivity contribution in [2.45, 2.75) is 14.7 Å². The Morgan fingerprint density at radius 1 is 0.714 bits per heavy atom. The number of hydrogen-bond acceptors (Lipinski definition) is 7. The van der Waals surface area contributed by atoms with E-state index >= 15 is 0 Å². The van der Waals surface area contributed by atoms with E-state index in [1.165, 1.54) is 36.4 Å². The molecule has 0 aliphatic carbocycles. The van der Waals surface area contributed by atoms with Gasteiger partial charge in [0.2, 0.25) is 9.84 Å². The van der Waals surface area contributed by atoms with Crippen LogP contribution in [0.25, 0.3) is 31.3 Å². The molecule has 2 aromatic rings. The molecule has 0 aliphatic heterocycles. The Balaban J connectivity index is 0.000000480. The van der Waals surface area contributed by atoms with Crippen molar-refractivity contribution in [1.82, 2.24) is 0 Å². The Morgan fingerprint density at radius 3 is 1.71 bits per heavy atom. The minimum Gasteiger partial charge on any atom is -0.324 e. The summed E-state index contributed by atoms with van der Waals surface area (Å²) >= 11 is 0. The van der Waals surface area contributed by atoms with E-state index in [-0.39, 0.29) is 4.90 Å². The number of hydrogen-bond donors (Lipinski definition) is 0. The average molecular weight is 423 g/mol. The number of nitrogens with zero attached hydrogens (tertiary/aromatic N) is 9. The minimum absolute atomic E-state index is 0.0476. The van der Waals surface area contributed by atoms with Crippen LogP contribution in [0, 0.1) is 0 Å². The first-order valence-electron chi connectivity index (χ1n) is 6.76. The van der Waals surface area contributed by atoms with Gasteiger partial charge in [0.15, 0.2) is 0 Å². The molecule has 0 radical (unpaired) electrons. The molecule has 0 spiro atoms. The molecule has 0 saturated carbocycles. The van der Waals surface area contributed by atoms with E-state index < -0.39 is 29.7 Å². The molecule has 0 N–H and O–H groups in total. The first-order chi connectivity index (χ1) is 13.3. The van der Waals surface area contributed by atoms with E-state index in [0.717, 1.165) is 12.1 Å². The fourth-order valence-corrected chi connectivity index (χ4v) is 4.51. The summed E-state index contributed by atoms with van der Waals surface area (Å²) in [6, 6.07) is 12.4. The Labute approximate surface area is 157 Å². The van der Waals surface area contributed by atoms with Crippen LogP contribution >= 0.6 is 0 Å². The van der Waals surface area contributed by atoms with Crippen molar-refractivity contribution in [2.75, 3.05) is 0 Å². The van der Waals surface area contributed by atoms with Crippen LogP contribution in [-0.4, -0.2) is 16.8 Å². The number of azide groups is 2. The molecule has 0 bridgehead atoms. The van der Waals surface area contributed by atoms with Crippen molar-refractivity contribution in [2.24, 2.45) is 15.1 Å². The van der Waals surface area contributed by atoms with Crippen molar-refractivity contribution in [3.8, 4) is 0 Å². The summed E-state index contributed by atoms with van der Waals surface area (Å²) in [5, 5.41) is 4.84. The van der Waals surface area contributed by atoms with Crippen LogP contribution in [0.2, 0.25) is 0 Å². The molecule has 0 aliphatic rings. The number of rotatable bonds is 6. The lowest BCUT2D eigenvalue weighted by molar-refractivity contribution is 0.143. The zero-order chi connectivity index (χ0) is 21.0. The van der Waals surface area contributed by atoms with E-state index in [2.05, 4.69) is 34.7 Å². The van der Waals surface area contributed by atoms with Crippen LogP contribution < -0.4 is 0 Å². The van der Waals surface area contributed by atoms with E-state index in [4.69, 9.17) is 16.6 Å². The molecule has 0 atom stereocenters. The summed E-state index contributed by atoms with van der Waals surface area (Å²) in [5.74, 6) is 0. The van der Waals surface area contributed by atoms with Crippen LogP contribution in [0.3, 0.4) is 0 Å². The van der Waals surface area contributed by atoms with Gasteiger partial charge in [-0.25, -0.2) is 16.8 Å². The predicted octanol–water partition coefficient (Wildman–Crippen LogP) is 3.97. The van der Waals surface area contributed by atoms with E-state index in [0.29, 0.717) is 0 Å². The van der Waals surface area contributed by atoms with Gasteiger partial charge in [0.05, 0.1) is 14.7 Å². The third kappa shape index (κ3) is 5.81. The van der Waals surface area contributed by atoms with Crippen molar-refractivity contribution < 1.29 is 21.8 Å². The molecule has 144 valence electrons. The van der Waals surface area contributed by atoms with Gasteiger partial charge in [0, 0.05) is 19.3 Å². The highest BCUT2D eigenvalue weighted by molar-refractivity contribution is 7.94. The van der Waals surface area contributed by atoms with E-state index in [1.807, 2.05) is 0 Å². The molecule has 2 rings (SSSR count). The molecule has 0 amide bonds. The molecule has 0 fully saturated rings. The highest BCUT2D eigenvalue weighted by atomic mass is 32.2. The standard InChI is InChI=1S/C12H9N3O4S2.N6O/c13-14-15-21(18,19)12-9-5-4-8-11(12)20(16,17)10-6-2-1-3-7-10;1-3-5-7-6-4-2/h1-9H;. The van der Waals surface area contributed by atoms with Gasteiger partial charge < -0.3 is 4.94 Å². The maximum absolute atomic E-state index is 12.5. The molecule has 28 heavy (non-hydrogen) atoms. The largest absolute Gasteiger partial charge is 0.324 e. The fourth-order valence-electron chi connectivity index (χ4n) is 1.75. The molecular formula is C12H9N9O5S2. The first kappa shape index (κ1) is 22.1. The van der Waals surface area contributed by atoms with Crippen LogP contribution in [0.4, 0.5) is 0 Å². The van der Waals surface area contributed by atoms with Gasteiger partial charge in [-0.3, -0.25) is 0 Å². The molecule has 0 unspecified atom stereocenters. The zero-order valence-electron chi connectivity index (χ0n) is 13.6. The fraction of sp³-hybridized carbons (Fsp3) is 0. The molecule has 0 heterocycles. The Bertz CT molecular complexity index is 1160. The maximum Gasteiger partial charge on any atom is 0.265 e. The van der Waals surface area contributed by atoms with Crippen molar-refractivity contribution in [3.63, 3.8) is 0 Å². The molecule has 16 heteroatoms. The summed E-state index contributed by atoms with van der Waals surface area (Å²) in [6.45, 7) is 0. The molecule has 14 nitrogen and oxygen atoms in total. The number of sulfone groups is 1. The van der Waals surface area contributed by atoms with Crippen molar-refractivity contribution in [3.05, 3.63) is 85.9 Å². The summed E-state index contributed by atoms with van der Waals surface area (Å²) in [5.41, 5.74) is 23.2. The third-order valence-electron chi connectivity index (χ3n) is 2.76. The quantitative estimate of drug-likeness (QED) is 0.290. The maximum atomic E-state index is 12.5. The lowest BCUT2D eigenvalue weighted by Gasteiger charge is -2.08. The smallest absolute Gasteiger partial charge is 0.265 e. The highest BCUT2D eigenvalue weighted by Gasteiger charge is 2.26. The van der Waals surface area contributed by atoms with Gasteiger partial charge in [-0.05, 0) is 40.9 Å². The van der Waals surface area contributed by atoms with Gasteiger partial charge >= 0.3 is 0 Å². The molecular weight excluding hydrogens is 414 g/mol. The number of sulfonamides is 1. The van der Waals surface area contributed by atoms with Gasteiger partial charge in [-0.15, -0.1) is 0 Å². The topological polar surface area (TPSA) is 224 Å². The number of benzene rings is 2. The molecule has 2 aromatic carbocycles. The summed E-state index contributed by atoms with van der Waals surface area (Å²) in [4.78, 5) is 8.97. The van der Waals surface area contributed by atoms with Crippen LogP contribution in [0.5, 0.6) is 0 Å². The second-order valence-electron chi connectivity index (χ2n) is 4.33. The summed E-state index contributed by atoms with van der Waals surface area (Å²) in [6.07, 6.45) is 0. The SMILES string of the molecule is [N-]=[N+]=NON=[N+]=[N-].[N-]=[N+]=NS(=O)(=O)c1ccccc1S(=O)(=O)c1ccccc1. The van der Waals surface area contributed by atoms with E-state index in [9.17, 15) is 16.8 Å². The van der Waals surface area contributed by atoms with Crippen molar-refractivity contribution >= 4 is 19.9 Å². The van der Waals surface area contributed by atoms with Gasteiger partial charge in [-0.2, -0.15) is 0 Å². The normalized spacial score (nSPS) is 10.0. The highest BCUT2D eigenvalue weighted by Crippen LogP contribution is 2.28. The Kier molecular flexibility index (Phi) is 8.11. The second-order valence-corrected chi connectivity index (χ2v) is 7.80. The predicted molar refractivity (Wildman–Crippen MR) is 94.0 cm³/mol. The van der Waals surface area contributed by atoms with Gasteiger partial charge in [0.1, 0.15) is 10.6 Å². The van der Waals surface area contributed by atoms with Gasteiger partial charge in [-0.1, -0.05) is 30.3 Å². The summed E-state index contributed by atoms with van der Waals surface area (Å²) in [7, 11) is -8.44. The second kappa shape index (κ2) is 10.3. The average Bonchev–Trinajstić information content (AvgIpc) is 2.69. The first-order valence-corrected chi connectivity index (χ1v) is 9.69. The lowest BCUT2D eigenvalue weighted by Crippen LogP contribution is -2.08. The zero-order valence-corrected chi connectivity index (χ0v) is 15.2. The van der Waals surface area contributed by atoms with Gasteiger partial charge in [0.25, 0.3) is 10.0 Å². The van der Waals surface area contributed by atoms with Crippen molar-refractivity contribution in [1.29, 1.82) is 0 Å². The minimum atomic E-state index is -4.40. The summed E-state index contributed by atoms with van der Waals surface area (Å²) < 4.78 is 51.4.